The third kappa shape index (κ3) is 3.88. The lowest BCUT2D eigenvalue weighted by Gasteiger charge is -2.19. The van der Waals surface area contributed by atoms with Gasteiger partial charge in [0, 0.05) is 10.6 Å². The number of amidine groups is 1. The van der Waals surface area contributed by atoms with Crippen LogP contribution in [0.15, 0.2) is 83.5 Å². The molecule has 0 aromatic heterocycles. The maximum atomic E-state index is 13.3. The molecule has 1 N–H and O–H groups in total. The van der Waals surface area contributed by atoms with Gasteiger partial charge >= 0.3 is 5.97 Å². The van der Waals surface area contributed by atoms with Crippen molar-refractivity contribution in [3.8, 4) is 0 Å². The molecule has 6 heteroatoms. The predicted molar refractivity (Wildman–Crippen MR) is 118 cm³/mol. The summed E-state index contributed by atoms with van der Waals surface area (Å²) < 4.78 is 0. The number of nitrogens with zero attached hydrogens (tertiary/aromatic N) is 2. The molecule has 0 saturated heterocycles. The van der Waals surface area contributed by atoms with E-state index in [0.717, 1.165) is 16.8 Å². The third-order valence-corrected chi connectivity index (χ3v) is 4.94. The number of rotatable bonds is 4. The summed E-state index contributed by atoms with van der Waals surface area (Å²) in [6.45, 7) is 1.96. The molecule has 3 aromatic rings. The Kier molecular flexibility index (Phi) is 5.21. The predicted octanol–water partition coefficient (Wildman–Crippen LogP) is 5.18. The molecule has 148 valence electrons. The average molecular weight is 417 g/mol. The normalized spacial score (nSPS) is 14.9. The van der Waals surface area contributed by atoms with Crippen molar-refractivity contribution in [3.63, 3.8) is 0 Å². The molecule has 0 saturated carbocycles. The SMILES string of the molecule is Cc1cccc(N2C(=O)/C(=C\c3ccc(C(=O)O)cc3)N=C2c2ccc(Cl)cc2)c1. The van der Waals surface area contributed by atoms with Crippen LogP contribution in [-0.2, 0) is 4.79 Å². The van der Waals surface area contributed by atoms with E-state index < -0.39 is 5.97 Å². The van der Waals surface area contributed by atoms with Crippen LogP contribution in [0.4, 0.5) is 5.69 Å². The monoisotopic (exact) mass is 416 g/mol. The molecule has 0 radical (unpaired) electrons. The molecule has 1 amide bonds. The summed E-state index contributed by atoms with van der Waals surface area (Å²) in [6.07, 6.45) is 1.65. The molecule has 5 nitrogen and oxygen atoms in total. The number of carbonyl (C=O) groups is 2. The van der Waals surface area contributed by atoms with Gasteiger partial charge in [0.05, 0.1) is 11.3 Å². The number of carbonyl (C=O) groups excluding carboxylic acids is 1. The molecule has 1 aliphatic heterocycles. The van der Waals surface area contributed by atoms with Gasteiger partial charge in [-0.15, -0.1) is 0 Å². The zero-order valence-corrected chi connectivity index (χ0v) is 16.8. The minimum Gasteiger partial charge on any atom is -0.478 e. The number of carboxylic acids is 1. The van der Waals surface area contributed by atoms with Crippen molar-refractivity contribution in [2.75, 3.05) is 4.90 Å². The summed E-state index contributed by atoms with van der Waals surface area (Å²) in [5.74, 6) is -0.747. The molecular formula is C24H17ClN2O3. The van der Waals surface area contributed by atoms with E-state index >= 15 is 0 Å². The first-order valence-corrected chi connectivity index (χ1v) is 9.61. The zero-order chi connectivity index (χ0) is 21.3. The van der Waals surface area contributed by atoms with E-state index in [-0.39, 0.29) is 17.2 Å². The van der Waals surface area contributed by atoms with Gasteiger partial charge < -0.3 is 5.11 Å². The lowest BCUT2D eigenvalue weighted by atomic mass is 10.1. The second kappa shape index (κ2) is 7.97. The van der Waals surface area contributed by atoms with Crippen molar-refractivity contribution in [1.29, 1.82) is 0 Å². The summed E-state index contributed by atoms with van der Waals surface area (Å²) in [5.41, 5.74) is 3.65. The van der Waals surface area contributed by atoms with E-state index in [9.17, 15) is 9.59 Å². The van der Waals surface area contributed by atoms with E-state index in [4.69, 9.17) is 16.7 Å². The number of hydrogen-bond donors (Lipinski definition) is 1. The molecule has 0 atom stereocenters. The van der Waals surface area contributed by atoms with Crippen LogP contribution in [0.3, 0.4) is 0 Å². The van der Waals surface area contributed by atoms with E-state index in [2.05, 4.69) is 4.99 Å². The van der Waals surface area contributed by atoms with Crippen LogP contribution >= 0.6 is 11.6 Å². The Morgan fingerprint density at radius 1 is 1.03 bits per heavy atom. The molecule has 0 spiro atoms. The Balaban J connectivity index is 1.79. The Hall–Kier alpha value is -3.70. The van der Waals surface area contributed by atoms with Gasteiger partial charge in [-0.3, -0.25) is 9.69 Å². The number of anilines is 1. The maximum Gasteiger partial charge on any atom is 0.335 e. The first kappa shape index (κ1) is 19.6. The summed E-state index contributed by atoms with van der Waals surface area (Å²) >= 11 is 6.02. The van der Waals surface area contributed by atoms with E-state index in [1.165, 1.54) is 12.1 Å². The molecule has 30 heavy (non-hydrogen) atoms. The molecule has 0 aliphatic carbocycles. The van der Waals surface area contributed by atoms with Crippen LogP contribution in [0.5, 0.6) is 0 Å². The number of benzene rings is 3. The summed E-state index contributed by atoms with van der Waals surface area (Å²) in [4.78, 5) is 30.5. The van der Waals surface area contributed by atoms with Crippen LogP contribution in [0, 0.1) is 6.92 Å². The van der Waals surface area contributed by atoms with Crippen LogP contribution in [0.2, 0.25) is 5.02 Å². The molecule has 1 heterocycles. The van der Waals surface area contributed by atoms with Gasteiger partial charge in [-0.25, -0.2) is 9.79 Å². The minimum atomic E-state index is -1.00. The van der Waals surface area contributed by atoms with Crippen molar-refractivity contribution in [2.24, 2.45) is 4.99 Å². The van der Waals surface area contributed by atoms with Crippen LogP contribution in [0.1, 0.15) is 27.0 Å². The number of aromatic carboxylic acids is 1. The highest BCUT2D eigenvalue weighted by Gasteiger charge is 2.32. The Labute approximate surface area is 178 Å². The molecule has 3 aromatic carbocycles. The number of aliphatic imine (C=N–C) groups is 1. The third-order valence-electron chi connectivity index (χ3n) is 4.68. The number of hydrogen-bond acceptors (Lipinski definition) is 3. The van der Waals surface area contributed by atoms with Crippen molar-refractivity contribution >= 4 is 41.1 Å². The van der Waals surface area contributed by atoms with Crippen molar-refractivity contribution in [2.45, 2.75) is 6.92 Å². The fourth-order valence-corrected chi connectivity index (χ4v) is 3.32. The van der Waals surface area contributed by atoms with Crippen LogP contribution < -0.4 is 4.90 Å². The van der Waals surface area contributed by atoms with Crippen LogP contribution in [0.25, 0.3) is 6.08 Å². The average Bonchev–Trinajstić information content (AvgIpc) is 3.05. The molecular weight excluding hydrogens is 400 g/mol. The highest BCUT2D eigenvalue weighted by molar-refractivity contribution is 6.34. The van der Waals surface area contributed by atoms with Gasteiger partial charge in [-0.1, -0.05) is 35.9 Å². The first-order chi connectivity index (χ1) is 14.4. The van der Waals surface area contributed by atoms with E-state index in [1.807, 2.05) is 43.3 Å². The van der Waals surface area contributed by atoms with Gasteiger partial charge in [0.25, 0.3) is 5.91 Å². The van der Waals surface area contributed by atoms with Gasteiger partial charge in [-0.2, -0.15) is 0 Å². The van der Waals surface area contributed by atoms with E-state index in [1.54, 1.807) is 35.2 Å². The quantitative estimate of drug-likeness (QED) is 0.595. The van der Waals surface area contributed by atoms with Crippen molar-refractivity contribution < 1.29 is 14.7 Å². The number of aryl methyl sites for hydroxylation is 1. The van der Waals surface area contributed by atoms with Gasteiger partial charge in [-0.05, 0) is 72.7 Å². The van der Waals surface area contributed by atoms with E-state index in [0.29, 0.717) is 16.4 Å². The Morgan fingerprint density at radius 2 is 1.73 bits per heavy atom. The largest absolute Gasteiger partial charge is 0.478 e. The molecule has 4 rings (SSSR count). The molecule has 0 fully saturated rings. The second-order valence-corrected chi connectivity index (χ2v) is 7.32. The highest BCUT2D eigenvalue weighted by atomic mass is 35.5. The van der Waals surface area contributed by atoms with Gasteiger partial charge in [0.2, 0.25) is 0 Å². The fourth-order valence-electron chi connectivity index (χ4n) is 3.20. The second-order valence-electron chi connectivity index (χ2n) is 6.88. The highest BCUT2D eigenvalue weighted by Crippen LogP contribution is 2.29. The first-order valence-electron chi connectivity index (χ1n) is 9.23. The number of halogens is 1. The molecule has 0 unspecified atom stereocenters. The maximum absolute atomic E-state index is 13.3. The van der Waals surface area contributed by atoms with Gasteiger partial charge in [0.1, 0.15) is 11.5 Å². The standard InChI is InChI=1S/C24H17ClN2O3/c1-15-3-2-4-20(13-15)27-22(17-9-11-19(25)12-10-17)26-21(23(27)28)14-16-5-7-18(8-6-16)24(29)30/h2-14H,1H3,(H,29,30)/b21-14+. The summed E-state index contributed by atoms with van der Waals surface area (Å²) in [7, 11) is 0. The smallest absolute Gasteiger partial charge is 0.335 e. The molecule has 1 aliphatic rings. The minimum absolute atomic E-state index is 0.182. The summed E-state index contributed by atoms with van der Waals surface area (Å²) in [6, 6.07) is 21.1. The Bertz CT molecular complexity index is 1200. The number of carboxylic acid groups (broad SMARTS) is 1. The lowest BCUT2D eigenvalue weighted by Crippen LogP contribution is -2.32. The Morgan fingerprint density at radius 3 is 2.37 bits per heavy atom. The van der Waals surface area contributed by atoms with Crippen molar-refractivity contribution in [3.05, 3.63) is 106 Å². The van der Waals surface area contributed by atoms with Crippen LogP contribution in [-0.4, -0.2) is 22.8 Å². The number of amides is 1. The lowest BCUT2D eigenvalue weighted by molar-refractivity contribution is -0.113. The van der Waals surface area contributed by atoms with Gasteiger partial charge in [0.15, 0.2) is 0 Å². The van der Waals surface area contributed by atoms with Crippen molar-refractivity contribution in [1.82, 2.24) is 0 Å². The zero-order valence-electron chi connectivity index (χ0n) is 16.0. The fraction of sp³-hybridized carbons (Fsp3) is 0.0417. The summed E-state index contributed by atoms with van der Waals surface area (Å²) in [5, 5.41) is 9.66. The topological polar surface area (TPSA) is 70.0 Å². The molecule has 0 bridgehead atoms.